The minimum atomic E-state index is 0.372. The van der Waals surface area contributed by atoms with E-state index in [-0.39, 0.29) is 0 Å². The first-order valence-electron chi connectivity index (χ1n) is 9.25. The van der Waals surface area contributed by atoms with Gasteiger partial charge >= 0.3 is 0 Å². The molecule has 2 fully saturated rings. The second kappa shape index (κ2) is 7.00. The SMILES string of the molecule is CNC(C1CCC(C)C(C)C1)C1(N(C)C)CCCC(C)C1. The molecule has 2 rings (SSSR count). The van der Waals surface area contributed by atoms with Gasteiger partial charge in [0.15, 0.2) is 0 Å². The van der Waals surface area contributed by atoms with Crippen LogP contribution in [0.5, 0.6) is 0 Å². The lowest BCUT2D eigenvalue weighted by molar-refractivity contribution is 0.00244. The van der Waals surface area contributed by atoms with Crippen molar-refractivity contribution < 1.29 is 0 Å². The van der Waals surface area contributed by atoms with Crippen LogP contribution in [0.1, 0.15) is 65.7 Å². The molecule has 0 aromatic heterocycles. The first-order chi connectivity index (χ1) is 9.90. The van der Waals surface area contributed by atoms with Crippen LogP contribution in [0.15, 0.2) is 0 Å². The highest BCUT2D eigenvalue weighted by Gasteiger charge is 2.47. The molecule has 0 amide bonds. The van der Waals surface area contributed by atoms with Crippen molar-refractivity contribution in [1.29, 1.82) is 0 Å². The molecule has 0 radical (unpaired) electrons. The average Bonchev–Trinajstić information content (AvgIpc) is 2.43. The molecule has 2 aliphatic carbocycles. The summed E-state index contributed by atoms with van der Waals surface area (Å²) >= 11 is 0. The first kappa shape index (κ1) is 17.3. The smallest absolute Gasteiger partial charge is 0.0361 e. The lowest BCUT2D eigenvalue weighted by Gasteiger charge is -2.54. The van der Waals surface area contributed by atoms with E-state index in [1.165, 1.54) is 44.9 Å². The highest BCUT2D eigenvalue weighted by Crippen LogP contribution is 2.44. The number of likely N-dealkylation sites (N-methyl/N-ethyl adjacent to an activating group) is 2. The van der Waals surface area contributed by atoms with Gasteiger partial charge in [-0.1, -0.05) is 40.0 Å². The first-order valence-corrected chi connectivity index (χ1v) is 9.25. The van der Waals surface area contributed by atoms with Crippen LogP contribution in [-0.2, 0) is 0 Å². The van der Waals surface area contributed by atoms with Gasteiger partial charge < -0.3 is 10.2 Å². The third kappa shape index (κ3) is 3.47. The maximum absolute atomic E-state index is 3.78. The van der Waals surface area contributed by atoms with Gasteiger partial charge in [0.2, 0.25) is 0 Å². The Morgan fingerprint density at radius 1 is 1.05 bits per heavy atom. The molecule has 0 saturated heterocycles. The predicted octanol–water partition coefficient (Wildman–Crippen LogP) is 4.16. The molecule has 6 unspecified atom stereocenters. The van der Waals surface area contributed by atoms with Gasteiger partial charge in [0.25, 0.3) is 0 Å². The van der Waals surface area contributed by atoms with E-state index in [9.17, 15) is 0 Å². The molecule has 21 heavy (non-hydrogen) atoms. The molecule has 124 valence electrons. The fourth-order valence-electron chi connectivity index (χ4n) is 5.37. The zero-order valence-corrected chi connectivity index (χ0v) is 15.3. The van der Waals surface area contributed by atoms with E-state index in [2.05, 4.69) is 52.1 Å². The molecule has 0 aromatic rings. The van der Waals surface area contributed by atoms with Gasteiger partial charge in [0.1, 0.15) is 0 Å². The Kier molecular flexibility index (Phi) is 5.76. The summed E-state index contributed by atoms with van der Waals surface area (Å²) in [4.78, 5) is 2.56. The second-order valence-corrected chi connectivity index (χ2v) is 8.49. The summed E-state index contributed by atoms with van der Waals surface area (Å²) < 4.78 is 0. The Labute approximate surface area is 133 Å². The standard InChI is InChI=1S/C19H38N2/c1-14-8-7-11-19(13-14,21(5)6)18(20-4)17-10-9-15(2)16(3)12-17/h14-18,20H,7-13H2,1-6H3. The number of hydrogen-bond donors (Lipinski definition) is 1. The number of nitrogens with zero attached hydrogens (tertiary/aromatic N) is 1. The molecule has 1 N–H and O–H groups in total. The van der Waals surface area contributed by atoms with Crippen molar-refractivity contribution in [3.05, 3.63) is 0 Å². The zero-order valence-electron chi connectivity index (χ0n) is 15.3. The minimum Gasteiger partial charge on any atom is -0.315 e. The quantitative estimate of drug-likeness (QED) is 0.837. The minimum absolute atomic E-state index is 0.372. The molecule has 0 spiro atoms. The highest BCUT2D eigenvalue weighted by atomic mass is 15.2. The Morgan fingerprint density at radius 2 is 1.76 bits per heavy atom. The van der Waals surface area contributed by atoms with Gasteiger partial charge in [-0.05, 0) is 70.5 Å². The average molecular weight is 295 g/mol. The molecular weight excluding hydrogens is 256 g/mol. The normalized spacial score (nSPS) is 43.0. The van der Waals surface area contributed by atoms with Crippen LogP contribution in [0.25, 0.3) is 0 Å². The van der Waals surface area contributed by atoms with E-state index in [0.717, 1.165) is 23.7 Å². The summed E-state index contributed by atoms with van der Waals surface area (Å²) in [6.45, 7) is 7.37. The van der Waals surface area contributed by atoms with E-state index in [0.29, 0.717) is 11.6 Å². The van der Waals surface area contributed by atoms with Crippen molar-refractivity contribution in [3.8, 4) is 0 Å². The van der Waals surface area contributed by atoms with Crippen LogP contribution < -0.4 is 5.32 Å². The lowest BCUT2D eigenvalue weighted by atomic mass is 9.63. The van der Waals surface area contributed by atoms with Crippen LogP contribution in [0.3, 0.4) is 0 Å². The molecule has 0 aromatic carbocycles. The molecule has 0 bridgehead atoms. The van der Waals surface area contributed by atoms with Gasteiger partial charge in [-0.25, -0.2) is 0 Å². The molecule has 2 aliphatic rings. The maximum Gasteiger partial charge on any atom is 0.0361 e. The van der Waals surface area contributed by atoms with E-state index in [1.54, 1.807) is 0 Å². The van der Waals surface area contributed by atoms with Crippen molar-refractivity contribution in [2.24, 2.45) is 23.7 Å². The number of nitrogens with one attached hydrogen (secondary N) is 1. The van der Waals surface area contributed by atoms with Gasteiger partial charge in [-0.3, -0.25) is 0 Å². The van der Waals surface area contributed by atoms with Crippen LogP contribution in [-0.4, -0.2) is 37.6 Å². The van der Waals surface area contributed by atoms with E-state index < -0.39 is 0 Å². The van der Waals surface area contributed by atoms with Gasteiger partial charge in [0, 0.05) is 11.6 Å². The monoisotopic (exact) mass is 294 g/mol. The summed E-state index contributed by atoms with van der Waals surface area (Å²) in [5.74, 6) is 3.53. The zero-order chi connectivity index (χ0) is 15.6. The third-order valence-corrected chi connectivity index (χ3v) is 6.90. The second-order valence-electron chi connectivity index (χ2n) is 8.49. The molecule has 0 heterocycles. The fourth-order valence-corrected chi connectivity index (χ4v) is 5.37. The van der Waals surface area contributed by atoms with Crippen LogP contribution >= 0.6 is 0 Å². The van der Waals surface area contributed by atoms with E-state index in [1.807, 2.05) is 0 Å². The molecule has 6 atom stereocenters. The van der Waals surface area contributed by atoms with Gasteiger partial charge in [-0.15, -0.1) is 0 Å². The summed E-state index contributed by atoms with van der Waals surface area (Å²) in [6.07, 6.45) is 9.81. The van der Waals surface area contributed by atoms with Crippen molar-refractivity contribution in [1.82, 2.24) is 10.2 Å². The summed E-state index contributed by atoms with van der Waals surface area (Å²) in [7, 11) is 6.84. The summed E-state index contributed by atoms with van der Waals surface area (Å²) in [5, 5.41) is 3.78. The van der Waals surface area contributed by atoms with E-state index >= 15 is 0 Å². The largest absolute Gasteiger partial charge is 0.315 e. The fraction of sp³-hybridized carbons (Fsp3) is 1.00. The Balaban J connectivity index is 2.20. The Hall–Kier alpha value is -0.0800. The summed E-state index contributed by atoms with van der Waals surface area (Å²) in [5.41, 5.74) is 0.372. The van der Waals surface area contributed by atoms with Crippen molar-refractivity contribution >= 4 is 0 Å². The van der Waals surface area contributed by atoms with Crippen molar-refractivity contribution in [2.45, 2.75) is 77.3 Å². The van der Waals surface area contributed by atoms with Gasteiger partial charge in [0.05, 0.1) is 0 Å². The van der Waals surface area contributed by atoms with Crippen molar-refractivity contribution in [2.75, 3.05) is 21.1 Å². The molecular formula is C19H38N2. The Morgan fingerprint density at radius 3 is 2.29 bits per heavy atom. The van der Waals surface area contributed by atoms with Crippen LogP contribution in [0.2, 0.25) is 0 Å². The molecule has 2 saturated carbocycles. The van der Waals surface area contributed by atoms with E-state index in [4.69, 9.17) is 0 Å². The Bertz CT molecular complexity index is 328. The number of rotatable bonds is 4. The topological polar surface area (TPSA) is 15.3 Å². The van der Waals surface area contributed by atoms with Crippen molar-refractivity contribution in [3.63, 3.8) is 0 Å². The van der Waals surface area contributed by atoms with Crippen LogP contribution in [0, 0.1) is 23.7 Å². The predicted molar refractivity (Wildman–Crippen MR) is 92.6 cm³/mol. The molecule has 2 heteroatoms. The molecule has 0 aliphatic heterocycles. The molecule has 2 nitrogen and oxygen atoms in total. The number of hydrogen-bond acceptors (Lipinski definition) is 2. The maximum atomic E-state index is 3.78. The third-order valence-electron chi connectivity index (χ3n) is 6.90. The van der Waals surface area contributed by atoms with Gasteiger partial charge in [-0.2, -0.15) is 0 Å². The summed E-state index contributed by atoms with van der Waals surface area (Å²) in [6, 6.07) is 0.658. The lowest BCUT2D eigenvalue weighted by Crippen LogP contribution is -2.63. The highest BCUT2D eigenvalue weighted by molar-refractivity contribution is 5.04. The van der Waals surface area contributed by atoms with Crippen LogP contribution in [0.4, 0.5) is 0 Å².